The molecule has 0 bridgehead atoms. The summed E-state index contributed by atoms with van der Waals surface area (Å²) in [5, 5.41) is 0. The fourth-order valence-electron chi connectivity index (χ4n) is 1.48. The number of hydrogen-bond donors (Lipinski definition) is 0. The van der Waals surface area contributed by atoms with Gasteiger partial charge < -0.3 is 9.47 Å². The minimum Gasteiger partial charge on any atom is -0.465 e. The molecule has 0 aromatic carbocycles. The van der Waals surface area contributed by atoms with Gasteiger partial charge in [-0.05, 0) is 24.8 Å². The zero-order chi connectivity index (χ0) is 15.2. The molecule has 0 unspecified atom stereocenters. The minimum atomic E-state index is -0.392. The molecule has 0 amide bonds. The lowest BCUT2D eigenvalue weighted by molar-refractivity contribution is -0.148. The van der Waals surface area contributed by atoms with E-state index in [0.717, 1.165) is 12.8 Å². The van der Waals surface area contributed by atoms with E-state index in [-0.39, 0.29) is 18.8 Å². The fourth-order valence-corrected chi connectivity index (χ4v) is 1.48. The number of esters is 2. The summed E-state index contributed by atoms with van der Waals surface area (Å²) in [7, 11) is 0. The number of unbranched alkanes of at least 4 members (excludes halogenated alkanes) is 4. The molecule has 0 spiro atoms. The predicted molar refractivity (Wildman–Crippen MR) is 79.0 cm³/mol. The maximum atomic E-state index is 11.3. The first-order chi connectivity index (χ1) is 9.56. The molecule has 0 atom stereocenters. The van der Waals surface area contributed by atoms with Crippen molar-refractivity contribution in [1.82, 2.24) is 0 Å². The van der Waals surface area contributed by atoms with Crippen molar-refractivity contribution in [2.24, 2.45) is 5.92 Å². The molecule has 0 aliphatic carbocycles. The van der Waals surface area contributed by atoms with Gasteiger partial charge in [-0.2, -0.15) is 0 Å². The first-order valence-electron chi connectivity index (χ1n) is 7.56. The van der Waals surface area contributed by atoms with E-state index in [1.807, 2.05) is 19.9 Å². The third kappa shape index (κ3) is 13.1. The van der Waals surface area contributed by atoms with Crippen molar-refractivity contribution in [1.29, 1.82) is 0 Å². The molecule has 0 N–H and O–H groups in total. The van der Waals surface area contributed by atoms with Crippen LogP contribution >= 0.6 is 0 Å². The summed E-state index contributed by atoms with van der Waals surface area (Å²) in [4.78, 5) is 22.6. The van der Waals surface area contributed by atoms with E-state index in [9.17, 15) is 9.59 Å². The van der Waals surface area contributed by atoms with Crippen LogP contribution in [0.4, 0.5) is 0 Å². The van der Waals surface area contributed by atoms with E-state index < -0.39 is 5.97 Å². The van der Waals surface area contributed by atoms with Crippen molar-refractivity contribution >= 4 is 11.9 Å². The Morgan fingerprint density at radius 3 is 2.40 bits per heavy atom. The van der Waals surface area contributed by atoms with Gasteiger partial charge in [-0.15, -0.1) is 0 Å². The van der Waals surface area contributed by atoms with Gasteiger partial charge in [-0.25, -0.2) is 0 Å². The van der Waals surface area contributed by atoms with E-state index in [2.05, 4.69) is 6.92 Å². The predicted octanol–water partition coefficient (Wildman–Crippen LogP) is 3.99. The molecule has 4 heteroatoms. The highest BCUT2D eigenvalue weighted by atomic mass is 16.5. The number of rotatable bonds is 11. The summed E-state index contributed by atoms with van der Waals surface area (Å²) in [5.41, 5.74) is 0. The van der Waals surface area contributed by atoms with Crippen molar-refractivity contribution in [2.75, 3.05) is 6.61 Å². The maximum Gasteiger partial charge on any atom is 0.311 e. The second kappa shape index (κ2) is 12.7. The Labute approximate surface area is 122 Å². The molecule has 0 heterocycles. The molecular formula is C16H28O4. The van der Waals surface area contributed by atoms with E-state index in [0.29, 0.717) is 12.5 Å². The van der Waals surface area contributed by atoms with Crippen molar-refractivity contribution < 1.29 is 19.1 Å². The van der Waals surface area contributed by atoms with Crippen LogP contribution in [0.25, 0.3) is 0 Å². The van der Waals surface area contributed by atoms with Crippen LogP contribution in [-0.4, -0.2) is 18.5 Å². The van der Waals surface area contributed by atoms with Gasteiger partial charge in [0.2, 0.25) is 0 Å². The molecular weight excluding hydrogens is 256 g/mol. The zero-order valence-corrected chi connectivity index (χ0v) is 13.0. The Hall–Kier alpha value is -1.32. The first kappa shape index (κ1) is 18.7. The Balaban J connectivity index is 3.53. The maximum absolute atomic E-state index is 11.3. The number of hydrogen-bond acceptors (Lipinski definition) is 4. The van der Waals surface area contributed by atoms with Crippen LogP contribution in [0.3, 0.4) is 0 Å². The summed E-state index contributed by atoms with van der Waals surface area (Å²) >= 11 is 0. The molecule has 20 heavy (non-hydrogen) atoms. The summed E-state index contributed by atoms with van der Waals surface area (Å²) in [6.07, 6.45) is 9.12. The second-order valence-electron chi connectivity index (χ2n) is 5.29. The topological polar surface area (TPSA) is 52.6 Å². The number of allylic oxidation sites excluding steroid dienone is 1. The lowest BCUT2D eigenvalue weighted by Crippen LogP contribution is -2.11. The third-order valence-corrected chi connectivity index (χ3v) is 2.63. The molecule has 0 aliphatic rings. The number of carbonyl (C=O) groups is 2. The van der Waals surface area contributed by atoms with Gasteiger partial charge in [0, 0.05) is 0 Å². The molecule has 0 aliphatic heterocycles. The van der Waals surface area contributed by atoms with Crippen molar-refractivity contribution in [3.05, 3.63) is 12.3 Å². The summed E-state index contributed by atoms with van der Waals surface area (Å²) in [5.74, 6) is -0.433. The van der Waals surface area contributed by atoms with Crippen molar-refractivity contribution in [2.45, 2.75) is 65.7 Å². The van der Waals surface area contributed by atoms with Gasteiger partial charge in [0.15, 0.2) is 0 Å². The van der Waals surface area contributed by atoms with Crippen LogP contribution in [0.5, 0.6) is 0 Å². The molecule has 0 aromatic heterocycles. The number of carbonyl (C=O) groups excluding carboxylic acids is 2. The Morgan fingerprint density at radius 1 is 1.05 bits per heavy atom. The molecule has 116 valence electrons. The average molecular weight is 284 g/mol. The smallest absolute Gasteiger partial charge is 0.311 e. The molecule has 0 saturated carbocycles. The van der Waals surface area contributed by atoms with Crippen LogP contribution in [0.1, 0.15) is 65.7 Å². The van der Waals surface area contributed by atoms with Gasteiger partial charge in [-0.1, -0.05) is 40.0 Å². The van der Waals surface area contributed by atoms with Gasteiger partial charge in [0.25, 0.3) is 0 Å². The first-order valence-corrected chi connectivity index (χ1v) is 7.56. The lowest BCUT2D eigenvalue weighted by atomic mass is 10.1. The normalized spacial score (nSPS) is 11.0. The van der Waals surface area contributed by atoms with Crippen LogP contribution in [0, 0.1) is 5.92 Å². The van der Waals surface area contributed by atoms with E-state index in [1.165, 1.54) is 25.5 Å². The minimum absolute atomic E-state index is 0.0666. The van der Waals surface area contributed by atoms with Gasteiger partial charge in [-0.3, -0.25) is 9.59 Å². The standard InChI is InChI=1S/C16H28O4/c1-4-5-6-7-8-9-12-19-15(17)10-11-16(18)20-13-14(2)3/h9,12,14H,4-8,10-11,13H2,1-3H3. The van der Waals surface area contributed by atoms with Crippen LogP contribution in [-0.2, 0) is 19.1 Å². The molecule has 4 nitrogen and oxygen atoms in total. The van der Waals surface area contributed by atoms with Gasteiger partial charge >= 0.3 is 11.9 Å². The second-order valence-corrected chi connectivity index (χ2v) is 5.29. The Kier molecular flexibility index (Phi) is 11.9. The van der Waals surface area contributed by atoms with E-state index in [1.54, 1.807) is 0 Å². The zero-order valence-electron chi connectivity index (χ0n) is 13.0. The monoisotopic (exact) mass is 284 g/mol. The molecule has 0 saturated heterocycles. The highest BCUT2D eigenvalue weighted by Crippen LogP contribution is 2.03. The van der Waals surface area contributed by atoms with E-state index >= 15 is 0 Å². The van der Waals surface area contributed by atoms with Crippen LogP contribution in [0.2, 0.25) is 0 Å². The lowest BCUT2D eigenvalue weighted by Gasteiger charge is -2.06. The summed E-state index contributed by atoms with van der Waals surface area (Å²) in [6.45, 7) is 6.50. The fraction of sp³-hybridized carbons (Fsp3) is 0.750. The number of ether oxygens (including phenoxy) is 2. The molecule has 0 rings (SSSR count). The van der Waals surface area contributed by atoms with Gasteiger partial charge in [0.1, 0.15) is 0 Å². The molecule has 0 aromatic rings. The Morgan fingerprint density at radius 2 is 1.75 bits per heavy atom. The summed E-state index contributed by atoms with van der Waals surface area (Å²) in [6, 6.07) is 0. The quantitative estimate of drug-likeness (QED) is 0.327. The SMILES string of the molecule is CCCCCCC=COC(=O)CCC(=O)OCC(C)C. The average Bonchev–Trinajstić information content (AvgIpc) is 2.41. The van der Waals surface area contributed by atoms with Crippen LogP contribution in [0.15, 0.2) is 12.3 Å². The van der Waals surface area contributed by atoms with Gasteiger partial charge in [0.05, 0.1) is 25.7 Å². The van der Waals surface area contributed by atoms with E-state index in [4.69, 9.17) is 9.47 Å². The highest BCUT2D eigenvalue weighted by molar-refractivity contribution is 5.77. The highest BCUT2D eigenvalue weighted by Gasteiger charge is 2.08. The third-order valence-electron chi connectivity index (χ3n) is 2.63. The van der Waals surface area contributed by atoms with Crippen molar-refractivity contribution in [3.8, 4) is 0 Å². The molecule has 0 fully saturated rings. The molecule has 0 radical (unpaired) electrons. The van der Waals surface area contributed by atoms with Crippen molar-refractivity contribution in [3.63, 3.8) is 0 Å². The summed E-state index contributed by atoms with van der Waals surface area (Å²) < 4.78 is 9.87. The largest absolute Gasteiger partial charge is 0.465 e. The Bertz CT molecular complexity index is 295. The van der Waals surface area contributed by atoms with Crippen LogP contribution < -0.4 is 0 Å².